The number of thiazole rings is 1. The Morgan fingerprint density at radius 2 is 1.76 bits per heavy atom. The summed E-state index contributed by atoms with van der Waals surface area (Å²) in [7, 11) is -3.73. The molecule has 7 nitrogen and oxygen atoms in total. The van der Waals surface area contributed by atoms with Gasteiger partial charge in [-0.25, -0.2) is 17.8 Å². The number of sulfonamides is 1. The Morgan fingerprint density at radius 1 is 1.11 bits per heavy atom. The summed E-state index contributed by atoms with van der Waals surface area (Å²) in [5.41, 5.74) is 0.846. The molecule has 1 amide bonds. The van der Waals surface area contributed by atoms with E-state index in [0.717, 1.165) is 46.5 Å². The zero-order valence-corrected chi connectivity index (χ0v) is 24.8. The Labute approximate surface area is 236 Å². The van der Waals surface area contributed by atoms with E-state index in [-0.39, 0.29) is 42.2 Å². The number of halogens is 3. The highest BCUT2D eigenvalue weighted by atomic mass is 79.9. The lowest BCUT2D eigenvalue weighted by molar-refractivity contribution is -0.123. The summed E-state index contributed by atoms with van der Waals surface area (Å²) in [4.78, 5) is 22.6. The Balaban J connectivity index is 0.00000380. The van der Waals surface area contributed by atoms with Crippen LogP contribution in [0.4, 0.5) is 9.52 Å². The number of piperidine rings is 1. The molecule has 12 heteroatoms. The number of likely N-dealkylation sites (N-methyl/N-ethyl adjacent to an activating group) is 1. The van der Waals surface area contributed by atoms with Crippen LogP contribution < -0.4 is 4.90 Å². The summed E-state index contributed by atoms with van der Waals surface area (Å²) in [5.74, 6) is -0.788. The highest BCUT2D eigenvalue weighted by molar-refractivity contribution is 9.10. The van der Waals surface area contributed by atoms with E-state index in [4.69, 9.17) is 4.98 Å². The largest absolute Gasteiger partial charge is 0.302 e. The molecule has 37 heavy (non-hydrogen) atoms. The molecule has 0 aliphatic carbocycles. The van der Waals surface area contributed by atoms with E-state index < -0.39 is 15.8 Å². The van der Waals surface area contributed by atoms with Crippen LogP contribution in [0.15, 0.2) is 51.8 Å². The van der Waals surface area contributed by atoms with E-state index in [1.165, 1.54) is 27.8 Å². The summed E-state index contributed by atoms with van der Waals surface area (Å²) in [6.45, 7) is 7.73. The summed E-state index contributed by atoms with van der Waals surface area (Å²) in [6.07, 6.45) is 0.856. The van der Waals surface area contributed by atoms with Crippen LogP contribution in [-0.4, -0.2) is 67.8 Å². The van der Waals surface area contributed by atoms with E-state index in [2.05, 4.69) is 34.7 Å². The Bertz CT molecular complexity index is 1310. The first-order valence-corrected chi connectivity index (χ1v) is 15.1. The molecule has 202 valence electrons. The topological polar surface area (TPSA) is 73.8 Å². The number of anilines is 1. The lowest BCUT2D eigenvalue weighted by Crippen LogP contribution is -2.46. The van der Waals surface area contributed by atoms with E-state index >= 15 is 0 Å². The molecule has 0 atom stereocenters. The summed E-state index contributed by atoms with van der Waals surface area (Å²) in [6, 6.07) is 10.7. The van der Waals surface area contributed by atoms with Gasteiger partial charge in [-0.05, 0) is 68.4 Å². The molecule has 1 aromatic heterocycles. The minimum Gasteiger partial charge on any atom is -0.302 e. The van der Waals surface area contributed by atoms with Gasteiger partial charge in [0.2, 0.25) is 15.9 Å². The number of fused-ring (bicyclic) bond motifs is 1. The third kappa shape index (κ3) is 6.88. The predicted octanol–water partition coefficient (Wildman–Crippen LogP) is 5.40. The van der Waals surface area contributed by atoms with Crippen molar-refractivity contribution in [3.05, 3.63) is 52.8 Å². The summed E-state index contributed by atoms with van der Waals surface area (Å²) in [5, 5.41) is 0.668. The number of benzene rings is 2. The number of hydrogen-bond donors (Lipinski definition) is 0. The van der Waals surface area contributed by atoms with Crippen LogP contribution in [0.2, 0.25) is 0 Å². The Morgan fingerprint density at radius 3 is 2.38 bits per heavy atom. The number of carbonyl (C=O) groups is 1. The van der Waals surface area contributed by atoms with E-state index in [9.17, 15) is 17.6 Å². The zero-order chi connectivity index (χ0) is 25.9. The quantitative estimate of drug-likeness (QED) is 0.316. The fraction of sp³-hybridized carbons (Fsp3) is 0.440. The molecule has 0 unspecified atom stereocenters. The molecule has 2 heterocycles. The van der Waals surface area contributed by atoms with Gasteiger partial charge in [0.1, 0.15) is 5.82 Å². The minimum absolute atomic E-state index is 0. The van der Waals surface area contributed by atoms with Crippen LogP contribution in [0.3, 0.4) is 0 Å². The Hall–Kier alpha value is -1.63. The van der Waals surface area contributed by atoms with Gasteiger partial charge >= 0.3 is 0 Å². The van der Waals surface area contributed by atoms with Crippen LogP contribution in [0.25, 0.3) is 10.2 Å². The molecule has 3 aromatic rings. The maximum atomic E-state index is 13.8. The van der Waals surface area contributed by atoms with Crippen molar-refractivity contribution in [2.45, 2.75) is 31.6 Å². The van der Waals surface area contributed by atoms with Gasteiger partial charge in [-0.15, -0.1) is 12.4 Å². The van der Waals surface area contributed by atoms with Crippen LogP contribution in [0, 0.1) is 11.7 Å². The molecule has 0 radical (unpaired) electrons. The van der Waals surface area contributed by atoms with Gasteiger partial charge in [0.05, 0.1) is 15.1 Å². The normalized spacial score (nSPS) is 15.2. The van der Waals surface area contributed by atoms with Crippen molar-refractivity contribution in [3.63, 3.8) is 0 Å². The van der Waals surface area contributed by atoms with E-state index in [1.807, 2.05) is 18.2 Å². The number of nitrogens with zero attached hydrogens (tertiary/aromatic N) is 4. The molecule has 1 aliphatic heterocycles. The van der Waals surface area contributed by atoms with Crippen molar-refractivity contribution in [1.29, 1.82) is 0 Å². The maximum Gasteiger partial charge on any atom is 0.243 e. The second-order valence-electron chi connectivity index (χ2n) is 8.76. The second kappa shape index (κ2) is 12.9. The lowest BCUT2D eigenvalue weighted by atomic mass is 9.96. The molecular formula is C25H31BrClFN4O3S2. The first-order valence-electron chi connectivity index (χ1n) is 12.1. The molecule has 0 saturated carbocycles. The van der Waals surface area contributed by atoms with Crippen molar-refractivity contribution < 1.29 is 17.6 Å². The summed E-state index contributed by atoms with van der Waals surface area (Å²) >= 11 is 4.99. The molecule has 1 aliphatic rings. The molecular weight excluding hydrogens is 603 g/mol. The average molecular weight is 634 g/mol. The maximum absolute atomic E-state index is 13.8. The summed E-state index contributed by atoms with van der Waals surface area (Å²) < 4.78 is 42.6. The molecule has 0 N–H and O–H groups in total. The second-order valence-corrected chi connectivity index (χ2v) is 12.6. The van der Waals surface area contributed by atoms with Crippen molar-refractivity contribution in [2.75, 3.05) is 44.2 Å². The van der Waals surface area contributed by atoms with Gasteiger partial charge in [0.25, 0.3) is 0 Å². The monoisotopic (exact) mass is 632 g/mol. The SMILES string of the molecule is CCN(CC)CCN(C(=O)C1CCN(S(=O)(=O)c2ccc(F)cc2)CC1)c1nc2ccc(Br)cc2s1.Cl. The number of carbonyl (C=O) groups excluding carboxylic acids is 1. The van der Waals surface area contributed by atoms with Crippen molar-refractivity contribution in [1.82, 2.24) is 14.2 Å². The van der Waals surface area contributed by atoms with Crippen LogP contribution >= 0.6 is 39.7 Å². The third-order valence-electron chi connectivity index (χ3n) is 6.62. The fourth-order valence-corrected chi connectivity index (χ4v) is 7.42. The van der Waals surface area contributed by atoms with Crippen molar-refractivity contribution >= 4 is 71.0 Å². The molecule has 4 rings (SSSR count). The van der Waals surface area contributed by atoms with Gasteiger partial charge in [0.15, 0.2) is 5.13 Å². The first-order chi connectivity index (χ1) is 17.2. The Kier molecular flexibility index (Phi) is 10.5. The highest BCUT2D eigenvalue weighted by Crippen LogP contribution is 2.33. The van der Waals surface area contributed by atoms with Gasteiger partial charge in [0, 0.05) is 36.6 Å². The predicted molar refractivity (Wildman–Crippen MR) is 153 cm³/mol. The molecule has 2 aromatic carbocycles. The molecule has 1 fully saturated rings. The smallest absolute Gasteiger partial charge is 0.243 e. The fourth-order valence-electron chi connectivity index (χ4n) is 4.40. The van der Waals surface area contributed by atoms with Gasteiger partial charge in [-0.2, -0.15) is 4.31 Å². The van der Waals surface area contributed by atoms with Crippen LogP contribution in [-0.2, 0) is 14.8 Å². The van der Waals surface area contributed by atoms with Gasteiger partial charge in [-0.3, -0.25) is 9.69 Å². The number of amides is 1. The number of aromatic nitrogens is 1. The van der Waals surface area contributed by atoms with Crippen LogP contribution in [0.5, 0.6) is 0 Å². The molecule has 0 spiro atoms. The van der Waals surface area contributed by atoms with Gasteiger partial charge in [-0.1, -0.05) is 41.1 Å². The minimum atomic E-state index is -3.73. The lowest BCUT2D eigenvalue weighted by Gasteiger charge is -2.33. The zero-order valence-electron chi connectivity index (χ0n) is 20.8. The van der Waals surface area contributed by atoms with Crippen molar-refractivity contribution in [3.8, 4) is 0 Å². The van der Waals surface area contributed by atoms with Crippen LogP contribution in [0.1, 0.15) is 26.7 Å². The van der Waals surface area contributed by atoms with Crippen molar-refractivity contribution in [2.24, 2.45) is 5.92 Å². The van der Waals surface area contributed by atoms with E-state index in [1.54, 1.807) is 4.90 Å². The van der Waals surface area contributed by atoms with E-state index in [0.29, 0.717) is 24.5 Å². The number of hydrogen-bond acceptors (Lipinski definition) is 6. The standard InChI is InChI=1S/C25H30BrFN4O3S2.ClH/c1-3-29(4-2)15-16-31(25-28-22-10-5-19(26)17-23(22)35-25)24(32)18-11-13-30(14-12-18)36(33,34)21-8-6-20(27)7-9-21;/h5-10,17-18H,3-4,11-16H2,1-2H3;1H. The first kappa shape index (κ1) is 29.9. The molecule has 1 saturated heterocycles. The van der Waals surface area contributed by atoms with Gasteiger partial charge < -0.3 is 4.90 Å². The number of rotatable bonds is 9. The highest BCUT2D eigenvalue weighted by Gasteiger charge is 2.35. The third-order valence-corrected chi connectivity index (χ3v) is 10.1. The molecule has 0 bridgehead atoms. The average Bonchev–Trinajstić information content (AvgIpc) is 3.29.